The van der Waals surface area contributed by atoms with Gasteiger partial charge in [0.1, 0.15) is 11.6 Å². The van der Waals surface area contributed by atoms with Crippen LogP contribution in [0, 0.1) is 36.3 Å². The lowest BCUT2D eigenvalue weighted by molar-refractivity contribution is -0.145. The second kappa shape index (κ2) is 5.79. The largest absolute Gasteiger partial charge is 0.481 e. The van der Waals surface area contributed by atoms with Crippen LogP contribution in [0.25, 0.3) is 0 Å². The highest BCUT2D eigenvalue weighted by molar-refractivity contribution is 5.95. The fourth-order valence-corrected chi connectivity index (χ4v) is 2.82. The molecule has 2 N–H and O–H groups in total. The van der Waals surface area contributed by atoms with Gasteiger partial charge in [-0.05, 0) is 37.3 Å². The minimum absolute atomic E-state index is 0.112. The van der Waals surface area contributed by atoms with Crippen molar-refractivity contribution in [3.63, 3.8) is 0 Å². The van der Waals surface area contributed by atoms with E-state index in [0.717, 1.165) is 12.1 Å². The molecule has 4 nitrogen and oxygen atoms in total. The molecule has 1 aromatic rings. The molecule has 0 aromatic heterocycles. The van der Waals surface area contributed by atoms with Gasteiger partial charge < -0.3 is 10.4 Å². The van der Waals surface area contributed by atoms with Crippen LogP contribution in [0.2, 0.25) is 0 Å². The number of halogens is 2. The lowest BCUT2D eigenvalue weighted by Crippen LogP contribution is -2.30. The van der Waals surface area contributed by atoms with Gasteiger partial charge in [-0.3, -0.25) is 9.59 Å². The standard InChI is InChI=1S/C15H17F2NO3/c1-7-3-9(10(4-7)15(20)21)14(19)18-13-6-11(16)8(2)5-12(13)17/h5-7,9-10H,3-4H2,1-2H3,(H,18,19)(H,20,21). The highest BCUT2D eigenvalue weighted by atomic mass is 19.1. The van der Waals surface area contributed by atoms with Crippen LogP contribution in [0.3, 0.4) is 0 Å². The Labute approximate surface area is 121 Å². The fourth-order valence-electron chi connectivity index (χ4n) is 2.82. The lowest BCUT2D eigenvalue weighted by atomic mass is 9.95. The number of anilines is 1. The first-order valence-electron chi connectivity index (χ1n) is 6.79. The first-order chi connectivity index (χ1) is 9.79. The molecule has 114 valence electrons. The summed E-state index contributed by atoms with van der Waals surface area (Å²) in [6, 6.07) is 1.91. The normalized spacial score (nSPS) is 24.9. The third-order valence-corrected chi connectivity index (χ3v) is 3.96. The lowest BCUT2D eigenvalue weighted by Gasteiger charge is -2.16. The van der Waals surface area contributed by atoms with Crippen molar-refractivity contribution in [2.45, 2.75) is 26.7 Å². The Morgan fingerprint density at radius 2 is 1.81 bits per heavy atom. The molecule has 0 saturated heterocycles. The van der Waals surface area contributed by atoms with Gasteiger partial charge >= 0.3 is 5.97 Å². The first kappa shape index (κ1) is 15.4. The smallest absolute Gasteiger partial charge is 0.307 e. The maximum Gasteiger partial charge on any atom is 0.307 e. The van der Waals surface area contributed by atoms with Gasteiger partial charge in [-0.1, -0.05) is 6.92 Å². The highest BCUT2D eigenvalue weighted by Gasteiger charge is 2.41. The minimum atomic E-state index is -1.03. The number of aliphatic carboxylic acids is 1. The highest BCUT2D eigenvalue weighted by Crippen LogP contribution is 2.37. The number of carbonyl (C=O) groups is 2. The van der Waals surface area contributed by atoms with Crippen molar-refractivity contribution in [1.82, 2.24) is 0 Å². The number of rotatable bonds is 3. The summed E-state index contributed by atoms with van der Waals surface area (Å²) in [5.41, 5.74) is -0.116. The van der Waals surface area contributed by atoms with Crippen molar-refractivity contribution in [3.05, 3.63) is 29.3 Å². The summed E-state index contributed by atoms with van der Waals surface area (Å²) in [5.74, 6) is -4.36. The van der Waals surface area contributed by atoms with Crippen molar-refractivity contribution < 1.29 is 23.5 Å². The average Bonchev–Trinajstić information content (AvgIpc) is 2.78. The Balaban J connectivity index is 2.18. The number of amides is 1. The molecule has 0 radical (unpaired) electrons. The number of carboxylic acid groups (broad SMARTS) is 1. The molecule has 1 saturated carbocycles. The zero-order chi connectivity index (χ0) is 15.7. The van der Waals surface area contributed by atoms with Crippen LogP contribution in [0.1, 0.15) is 25.3 Å². The van der Waals surface area contributed by atoms with Gasteiger partial charge in [-0.15, -0.1) is 0 Å². The number of aryl methyl sites for hydroxylation is 1. The number of hydrogen-bond acceptors (Lipinski definition) is 2. The number of hydrogen-bond donors (Lipinski definition) is 2. The van der Waals surface area contributed by atoms with Crippen LogP contribution in [0.15, 0.2) is 12.1 Å². The van der Waals surface area contributed by atoms with Crippen molar-refractivity contribution in [2.24, 2.45) is 17.8 Å². The van der Waals surface area contributed by atoms with Crippen molar-refractivity contribution >= 4 is 17.6 Å². The number of carboxylic acids is 1. The summed E-state index contributed by atoms with van der Waals surface area (Å²) < 4.78 is 27.2. The summed E-state index contributed by atoms with van der Waals surface area (Å²) in [4.78, 5) is 23.3. The second-order valence-electron chi connectivity index (χ2n) is 5.70. The van der Waals surface area contributed by atoms with Crippen LogP contribution in [0.5, 0.6) is 0 Å². The van der Waals surface area contributed by atoms with E-state index in [4.69, 9.17) is 5.11 Å². The molecule has 1 fully saturated rings. The molecule has 21 heavy (non-hydrogen) atoms. The van der Waals surface area contributed by atoms with Gasteiger partial charge in [-0.2, -0.15) is 0 Å². The molecule has 0 heterocycles. The van der Waals surface area contributed by atoms with Crippen molar-refractivity contribution in [3.8, 4) is 0 Å². The zero-order valence-corrected chi connectivity index (χ0v) is 11.8. The van der Waals surface area contributed by atoms with E-state index in [0.29, 0.717) is 12.8 Å². The van der Waals surface area contributed by atoms with E-state index in [1.54, 1.807) is 0 Å². The summed E-state index contributed by atoms with van der Waals surface area (Å²) in [7, 11) is 0. The Hall–Kier alpha value is -1.98. The molecule has 2 rings (SSSR count). The van der Waals surface area contributed by atoms with Crippen LogP contribution >= 0.6 is 0 Å². The molecule has 3 atom stereocenters. The molecule has 1 aromatic carbocycles. The molecule has 1 aliphatic rings. The third-order valence-electron chi connectivity index (χ3n) is 3.96. The van der Waals surface area contributed by atoms with E-state index >= 15 is 0 Å². The van der Waals surface area contributed by atoms with Gasteiger partial charge in [0.25, 0.3) is 0 Å². The maximum atomic E-state index is 13.7. The Kier molecular flexibility index (Phi) is 4.25. The first-order valence-corrected chi connectivity index (χ1v) is 6.79. The van der Waals surface area contributed by atoms with E-state index in [2.05, 4.69) is 5.32 Å². The molecular weight excluding hydrogens is 280 g/mol. The van der Waals surface area contributed by atoms with Gasteiger partial charge in [0.15, 0.2) is 0 Å². The van der Waals surface area contributed by atoms with Gasteiger partial charge in [0, 0.05) is 6.07 Å². The molecule has 3 unspecified atom stereocenters. The Morgan fingerprint density at radius 1 is 1.19 bits per heavy atom. The fraction of sp³-hybridized carbons (Fsp3) is 0.467. The molecule has 0 bridgehead atoms. The quantitative estimate of drug-likeness (QED) is 0.901. The second-order valence-corrected chi connectivity index (χ2v) is 5.70. The Morgan fingerprint density at radius 3 is 2.43 bits per heavy atom. The molecule has 1 amide bonds. The third kappa shape index (κ3) is 3.20. The molecule has 0 spiro atoms. The molecule has 1 aliphatic carbocycles. The van der Waals surface area contributed by atoms with E-state index in [1.165, 1.54) is 6.92 Å². The molecular formula is C15H17F2NO3. The summed E-state index contributed by atoms with van der Waals surface area (Å²) in [5, 5.41) is 11.4. The topological polar surface area (TPSA) is 66.4 Å². The number of nitrogens with one attached hydrogen (secondary N) is 1. The van der Waals surface area contributed by atoms with Gasteiger partial charge in [0.2, 0.25) is 5.91 Å². The summed E-state index contributed by atoms with van der Waals surface area (Å²) >= 11 is 0. The predicted octanol–water partition coefficient (Wildman–Crippen LogP) is 2.96. The average molecular weight is 297 g/mol. The minimum Gasteiger partial charge on any atom is -0.481 e. The maximum absolute atomic E-state index is 13.7. The van der Waals surface area contributed by atoms with Crippen LogP contribution in [0.4, 0.5) is 14.5 Å². The van der Waals surface area contributed by atoms with E-state index in [-0.39, 0.29) is 17.2 Å². The van der Waals surface area contributed by atoms with Crippen molar-refractivity contribution in [2.75, 3.05) is 5.32 Å². The van der Waals surface area contributed by atoms with Crippen LogP contribution < -0.4 is 5.32 Å². The van der Waals surface area contributed by atoms with Crippen LogP contribution in [-0.4, -0.2) is 17.0 Å². The van der Waals surface area contributed by atoms with Gasteiger partial charge in [0.05, 0.1) is 17.5 Å². The molecule has 0 aliphatic heterocycles. The van der Waals surface area contributed by atoms with E-state index < -0.39 is 35.3 Å². The number of carbonyl (C=O) groups excluding carboxylic acids is 1. The number of benzene rings is 1. The molecule has 6 heteroatoms. The Bertz CT molecular complexity index is 589. The van der Waals surface area contributed by atoms with E-state index in [1.807, 2.05) is 6.92 Å². The SMILES string of the molecule is Cc1cc(F)c(NC(=O)C2CC(C)CC2C(=O)O)cc1F. The zero-order valence-electron chi connectivity index (χ0n) is 11.8. The monoisotopic (exact) mass is 297 g/mol. The van der Waals surface area contributed by atoms with Crippen molar-refractivity contribution in [1.29, 1.82) is 0 Å². The predicted molar refractivity (Wildman–Crippen MR) is 72.7 cm³/mol. The summed E-state index contributed by atoms with van der Waals surface area (Å²) in [6.07, 6.45) is 0.844. The van der Waals surface area contributed by atoms with Gasteiger partial charge in [-0.25, -0.2) is 8.78 Å². The summed E-state index contributed by atoms with van der Waals surface area (Å²) in [6.45, 7) is 3.29. The van der Waals surface area contributed by atoms with Crippen LogP contribution in [-0.2, 0) is 9.59 Å². The van der Waals surface area contributed by atoms with E-state index in [9.17, 15) is 18.4 Å².